The smallest absolute Gasteiger partial charge is 0.408 e. The van der Waals surface area contributed by atoms with Gasteiger partial charge in [-0.15, -0.1) is 0 Å². The molecule has 1 aromatic carbocycles. The Hall–Kier alpha value is -3.81. The van der Waals surface area contributed by atoms with Crippen molar-refractivity contribution < 1.29 is 29.0 Å². The van der Waals surface area contributed by atoms with Gasteiger partial charge in [0.25, 0.3) is 0 Å². The standard InChI is InChI=1S/C26H31NO7/c1-4-5-13-33-20-11-8-10-19(15-20)14-18(3)24(29)23-21(28)16-22(34-25(23)30)17(2)9-6-7-12-27-26(31)32/h7-8,10-12,14-17,27-28H,4-6,9,13H2,1-3H3,(H,31,32)/b12-7+,18-14+. The Labute approximate surface area is 198 Å². The molecule has 0 saturated carbocycles. The minimum atomic E-state index is -1.15. The van der Waals surface area contributed by atoms with E-state index in [1.54, 1.807) is 32.1 Å². The van der Waals surface area contributed by atoms with Crippen LogP contribution in [0.3, 0.4) is 0 Å². The third kappa shape index (κ3) is 7.95. The van der Waals surface area contributed by atoms with Crippen LogP contribution < -0.4 is 15.7 Å². The van der Waals surface area contributed by atoms with Gasteiger partial charge >= 0.3 is 11.7 Å². The number of hydrogen-bond acceptors (Lipinski definition) is 6. The monoisotopic (exact) mass is 469 g/mol. The van der Waals surface area contributed by atoms with E-state index in [0.29, 0.717) is 25.2 Å². The van der Waals surface area contributed by atoms with Crippen LogP contribution in [0.15, 0.2) is 57.4 Å². The maximum atomic E-state index is 12.9. The summed E-state index contributed by atoms with van der Waals surface area (Å²) < 4.78 is 11.0. The summed E-state index contributed by atoms with van der Waals surface area (Å²) >= 11 is 0. The molecule has 0 fully saturated rings. The summed E-state index contributed by atoms with van der Waals surface area (Å²) in [4.78, 5) is 35.8. The summed E-state index contributed by atoms with van der Waals surface area (Å²) in [6.07, 6.45) is 6.46. The zero-order valence-electron chi connectivity index (χ0n) is 19.7. The minimum Gasteiger partial charge on any atom is -0.507 e. The van der Waals surface area contributed by atoms with Crippen LogP contribution in [-0.4, -0.2) is 28.7 Å². The van der Waals surface area contributed by atoms with Crippen LogP contribution >= 0.6 is 0 Å². The lowest BCUT2D eigenvalue weighted by Gasteiger charge is -2.11. The van der Waals surface area contributed by atoms with Gasteiger partial charge in [-0.2, -0.15) is 0 Å². The quantitative estimate of drug-likeness (QED) is 0.214. The van der Waals surface area contributed by atoms with E-state index in [1.807, 2.05) is 18.2 Å². The van der Waals surface area contributed by atoms with Crippen LogP contribution in [0.5, 0.6) is 11.5 Å². The van der Waals surface area contributed by atoms with Crippen LogP contribution in [-0.2, 0) is 0 Å². The molecule has 182 valence electrons. The summed E-state index contributed by atoms with van der Waals surface area (Å²) in [5, 5.41) is 21.1. The van der Waals surface area contributed by atoms with Gasteiger partial charge in [-0.05, 0) is 55.5 Å². The molecule has 0 radical (unpaired) electrons. The van der Waals surface area contributed by atoms with E-state index in [9.17, 15) is 19.5 Å². The lowest BCUT2D eigenvalue weighted by atomic mass is 9.99. The highest BCUT2D eigenvalue weighted by atomic mass is 16.5. The number of aromatic hydroxyl groups is 1. The van der Waals surface area contributed by atoms with Gasteiger partial charge in [0.15, 0.2) is 5.78 Å². The SMILES string of the molecule is CCCCOc1cccc(/C=C(\C)C(=O)c2c(O)cc(C(C)CC/C=C/NC(=O)O)oc2=O)c1. The summed E-state index contributed by atoms with van der Waals surface area (Å²) in [5.74, 6) is -0.348. The largest absolute Gasteiger partial charge is 0.507 e. The van der Waals surface area contributed by atoms with E-state index in [1.165, 1.54) is 12.3 Å². The number of ketones is 1. The number of carboxylic acid groups (broad SMARTS) is 1. The molecule has 1 unspecified atom stereocenters. The highest BCUT2D eigenvalue weighted by Crippen LogP contribution is 2.26. The van der Waals surface area contributed by atoms with Crippen molar-refractivity contribution in [2.75, 3.05) is 6.61 Å². The van der Waals surface area contributed by atoms with Crippen molar-refractivity contribution in [2.24, 2.45) is 0 Å². The topological polar surface area (TPSA) is 126 Å². The van der Waals surface area contributed by atoms with Gasteiger partial charge in [-0.3, -0.25) is 10.1 Å². The molecule has 1 heterocycles. The number of unbranched alkanes of at least 4 members (excludes halogenated alkanes) is 1. The second kappa shape index (κ2) is 13.0. The first-order valence-electron chi connectivity index (χ1n) is 11.2. The van der Waals surface area contributed by atoms with E-state index < -0.39 is 28.8 Å². The summed E-state index contributed by atoms with van der Waals surface area (Å²) in [5.41, 5.74) is -0.311. The zero-order valence-corrected chi connectivity index (χ0v) is 19.7. The Morgan fingerprint density at radius 2 is 2.03 bits per heavy atom. The van der Waals surface area contributed by atoms with Gasteiger partial charge in [0, 0.05) is 18.2 Å². The summed E-state index contributed by atoms with van der Waals surface area (Å²) in [6, 6.07) is 8.56. The summed E-state index contributed by atoms with van der Waals surface area (Å²) in [6.45, 7) is 6.06. The molecule has 8 nitrogen and oxygen atoms in total. The molecule has 0 bridgehead atoms. The average molecular weight is 470 g/mol. The lowest BCUT2D eigenvalue weighted by Crippen LogP contribution is -2.16. The second-order valence-electron chi connectivity index (χ2n) is 7.96. The van der Waals surface area contributed by atoms with Gasteiger partial charge in [0.2, 0.25) is 0 Å². The van der Waals surface area contributed by atoms with E-state index in [2.05, 4.69) is 12.2 Å². The number of hydrogen-bond donors (Lipinski definition) is 3. The molecule has 0 spiro atoms. The molecule has 0 aliphatic heterocycles. The molecule has 0 aliphatic rings. The first-order chi connectivity index (χ1) is 16.2. The Balaban J connectivity index is 2.14. The minimum absolute atomic E-state index is 0.232. The number of benzene rings is 1. The molecule has 0 saturated heterocycles. The molecule has 2 aromatic rings. The van der Waals surface area contributed by atoms with Crippen molar-refractivity contribution in [2.45, 2.75) is 52.4 Å². The number of amides is 1. The first kappa shape index (κ1) is 26.4. The zero-order chi connectivity index (χ0) is 25.1. The first-order valence-corrected chi connectivity index (χ1v) is 11.2. The van der Waals surface area contributed by atoms with Gasteiger partial charge in [0.1, 0.15) is 22.8 Å². The van der Waals surface area contributed by atoms with Crippen molar-refractivity contribution in [3.63, 3.8) is 0 Å². The van der Waals surface area contributed by atoms with Crippen molar-refractivity contribution in [3.05, 3.63) is 75.5 Å². The Kier molecular flexibility index (Phi) is 10.1. The predicted octanol–water partition coefficient (Wildman–Crippen LogP) is 5.48. The van der Waals surface area contributed by atoms with Gasteiger partial charge in [0.05, 0.1) is 6.61 Å². The number of carbonyl (C=O) groups excluding carboxylic acids is 1. The highest BCUT2D eigenvalue weighted by molar-refractivity contribution is 6.12. The highest BCUT2D eigenvalue weighted by Gasteiger charge is 2.22. The second-order valence-corrected chi connectivity index (χ2v) is 7.96. The molecule has 3 N–H and O–H groups in total. The molecule has 0 aliphatic carbocycles. The van der Waals surface area contributed by atoms with Gasteiger partial charge < -0.3 is 19.4 Å². The fourth-order valence-corrected chi connectivity index (χ4v) is 3.19. The van der Waals surface area contributed by atoms with Crippen molar-refractivity contribution in [3.8, 4) is 11.5 Å². The Bertz CT molecular complexity index is 1110. The van der Waals surface area contributed by atoms with Gasteiger partial charge in [-0.1, -0.05) is 38.5 Å². The number of nitrogens with one attached hydrogen (secondary N) is 1. The van der Waals surface area contributed by atoms with Crippen LogP contribution in [0.25, 0.3) is 6.08 Å². The fourth-order valence-electron chi connectivity index (χ4n) is 3.19. The number of ether oxygens (including phenoxy) is 1. The molecule has 2 rings (SSSR count). The fraction of sp³-hybridized carbons (Fsp3) is 0.346. The van der Waals surface area contributed by atoms with Crippen LogP contribution in [0.4, 0.5) is 4.79 Å². The molecular weight excluding hydrogens is 438 g/mol. The van der Waals surface area contributed by atoms with E-state index in [-0.39, 0.29) is 17.3 Å². The maximum absolute atomic E-state index is 12.9. The molecular formula is C26H31NO7. The average Bonchev–Trinajstić information content (AvgIpc) is 2.78. The Morgan fingerprint density at radius 3 is 2.71 bits per heavy atom. The third-order valence-corrected chi connectivity index (χ3v) is 5.12. The van der Waals surface area contributed by atoms with Crippen molar-refractivity contribution in [1.29, 1.82) is 0 Å². The number of carbonyl (C=O) groups is 2. The third-order valence-electron chi connectivity index (χ3n) is 5.12. The van der Waals surface area contributed by atoms with Crippen molar-refractivity contribution >= 4 is 18.0 Å². The molecule has 1 atom stereocenters. The molecule has 34 heavy (non-hydrogen) atoms. The molecule has 1 amide bonds. The van der Waals surface area contributed by atoms with Crippen molar-refractivity contribution in [1.82, 2.24) is 5.32 Å². The molecule has 8 heteroatoms. The number of rotatable bonds is 12. The predicted molar refractivity (Wildman–Crippen MR) is 129 cm³/mol. The van der Waals surface area contributed by atoms with Crippen LogP contribution in [0.1, 0.15) is 74.1 Å². The maximum Gasteiger partial charge on any atom is 0.408 e. The Morgan fingerprint density at radius 1 is 1.26 bits per heavy atom. The lowest BCUT2D eigenvalue weighted by molar-refractivity contribution is 0.102. The normalized spacial score (nSPS) is 12.5. The van der Waals surface area contributed by atoms with E-state index in [4.69, 9.17) is 14.3 Å². The number of allylic oxidation sites excluding steroid dienone is 2. The van der Waals surface area contributed by atoms with Crippen LogP contribution in [0.2, 0.25) is 0 Å². The van der Waals surface area contributed by atoms with E-state index >= 15 is 0 Å². The number of Topliss-reactive ketones (excluding diaryl/α,β-unsaturated/α-hetero) is 1. The van der Waals surface area contributed by atoms with Gasteiger partial charge in [-0.25, -0.2) is 9.59 Å². The van der Waals surface area contributed by atoms with E-state index in [0.717, 1.165) is 18.4 Å². The van der Waals surface area contributed by atoms with Crippen LogP contribution in [0, 0.1) is 0 Å². The molecule has 1 aromatic heterocycles. The summed E-state index contributed by atoms with van der Waals surface area (Å²) in [7, 11) is 0.